The second kappa shape index (κ2) is 6.28. The van der Waals surface area contributed by atoms with Crippen LogP contribution in [0.2, 0.25) is 0 Å². The number of nitrogens with zero attached hydrogens (tertiary/aromatic N) is 2. The zero-order valence-electron chi connectivity index (χ0n) is 10.4. The van der Waals surface area contributed by atoms with Crippen LogP contribution in [0, 0.1) is 0 Å². The number of aliphatic imine (C=N–C) groups is 1. The van der Waals surface area contributed by atoms with Crippen molar-refractivity contribution in [2.75, 3.05) is 26.2 Å². The molecule has 0 bridgehead atoms. The normalized spacial score (nSPS) is 23.9. The molecule has 1 amide bonds. The maximum absolute atomic E-state index is 11.8. The summed E-state index contributed by atoms with van der Waals surface area (Å²) in [6.07, 6.45) is 4.09. The van der Waals surface area contributed by atoms with Crippen molar-refractivity contribution in [3.8, 4) is 0 Å². The highest BCUT2D eigenvalue weighted by molar-refractivity contribution is 8.14. The Morgan fingerprint density at radius 3 is 2.94 bits per heavy atom. The van der Waals surface area contributed by atoms with Crippen LogP contribution in [-0.4, -0.2) is 47.4 Å². The first-order chi connectivity index (χ1) is 8.29. The van der Waals surface area contributed by atoms with Gasteiger partial charge in [-0.1, -0.05) is 18.7 Å². The lowest BCUT2D eigenvalue weighted by Crippen LogP contribution is -2.31. The number of amides is 1. The van der Waals surface area contributed by atoms with Crippen molar-refractivity contribution in [3.63, 3.8) is 0 Å². The average Bonchev–Trinajstić information content (AvgIpc) is 3.00. The van der Waals surface area contributed by atoms with Crippen molar-refractivity contribution in [1.29, 1.82) is 0 Å². The first kappa shape index (κ1) is 12.7. The van der Waals surface area contributed by atoms with E-state index in [1.807, 2.05) is 16.7 Å². The fourth-order valence-corrected chi connectivity index (χ4v) is 3.09. The maximum atomic E-state index is 11.8. The standard InChI is InChI=1S/C12H21N3OS/c1-2-10-9-14-12(17-10)13-6-5-11(16)15-7-3-4-8-15/h10H,2-9H2,1H3,(H,13,14). The molecule has 2 aliphatic heterocycles. The van der Waals surface area contributed by atoms with Gasteiger partial charge in [-0.25, -0.2) is 0 Å². The number of rotatable bonds is 4. The molecule has 1 fully saturated rings. The van der Waals surface area contributed by atoms with Gasteiger partial charge in [0.2, 0.25) is 5.91 Å². The average molecular weight is 255 g/mol. The summed E-state index contributed by atoms with van der Waals surface area (Å²) in [5, 5.41) is 4.92. The van der Waals surface area contributed by atoms with E-state index in [2.05, 4.69) is 17.2 Å². The van der Waals surface area contributed by atoms with Gasteiger partial charge in [-0.05, 0) is 19.3 Å². The zero-order valence-corrected chi connectivity index (χ0v) is 11.3. The third-order valence-corrected chi connectivity index (χ3v) is 4.56. The number of likely N-dealkylation sites (tertiary alicyclic amines) is 1. The van der Waals surface area contributed by atoms with Crippen LogP contribution in [0.5, 0.6) is 0 Å². The van der Waals surface area contributed by atoms with Gasteiger partial charge in [-0.3, -0.25) is 9.79 Å². The largest absolute Gasteiger partial charge is 0.364 e. The molecule has 0 saturated carbocycles. The lowest BCUT2D eigenvalue weighted by molar-refractivity contribution is -0.129. The monoisotopic (exact) mass is 255 g/mol. The molecular weight excluding hydrogens is 234 g/mol. The fourth-order valence-electron chi connectivity index (χ4n) is 2.13. The summed E-state index contributed by atoms with van der Waals surface area (Å²) in [7, 11) is 0. The minimum atomic E-state index is 0.283. The highest BCUT2D eigenvalue weighted by atomic mass is 32.2. The van der Waals surface area contributed by atoms with Gasteiger partial charge >= 0.3 is 0 Å². The Morgan fingerprint density at radius 2 is 2.29 bits per heavy atom. The fraction of sp³-hybridized carbons (Fsp3) is 0.833. The molecular formula is C12H21N3OS. The number of carbonyl (C=O) groups is 1. The smallest absolute Gasteiger partial charge is 0.224 e. The number of thioether (sulfide) groups is 1. The van der Waals surface area contributed by atoms with Crippen molar-refractivity contribution in [3.05, 3.63) is 0 Å². The first-order valence-corrected chi connectivity index (χ1v) is 7.40. The van der Waals surface area contributed by atoms with Gasteiger partial charge in [0.1, 0.15) is 0 Å². The predicted octanol–water partition coefficient (Wildman–Crippen LogP) is 1.47. The van der Waals surface area contributed by atoms with E-state index < -0.39 is 0 Å². The summed E-state index contributed by atoms with van der Waals surface area (Å²) in [5.41, 5.74) is 0. The van der Waals surface area contributed by atoms with Gasteiger partial charge in [-0.2, -0.15) is 0 Å². The van der Waals surface area contributed by atoms with Crippen LogP contribution in [0.4, 0.5) is 0 Å². The van der Waals surface area contributed by atoms with Gasteiger partial charge < -0.3 is 10.2 Å². The van der Waals surface area contributed by atoms with E-state index in [1.165, 1.54) is 12.8 Å². The number of hydrogen-bond donors (Lipinski definition) is 1. The second-order valence-corrected chi connectivity index (χ2v) is 5.85. The first-order valence-electron chi connectivity index (χ1n) is 6.52. The molecule has 1 N–H and O–H groups in total. The zero-order chi connectivity index (χ0) is 12.1. The predicted molar refractivity (Wildman–Crippen MR) is 72.4 cm³/mol. The Morgan fingerprint density at radius 1 is 1.53 bits per heavy atom. The Kier molecular flexibility index (Phi) is 4.71. The van der Waals surface area contributed by atoms with Crippen molar-refractivity contribution < 1.29 is 4.79 Å². The summed E-state index contributed by atoms with van der Waals surface area (Å²) < 4.78 is 0. The summed E-state index contributed by atoms with van der Waals surface area (Å²) >= 11 is 1.81. The molecule has 0 aromatic heterocycles. The van der Waals surface area contributed by atoms with E-state index >= 15 is 0 Å². The molecule has 0 radical (unpaired) electrons. The number of amidine groups is 1. The lowest BCUT2D eigenvalue weighted by Gasteiger charge is -2.15. The van der Waals surface area contributed by atoms with Gasteiger partial charge in [0.15, 0.2) is 5.17 Å². The molecule has 0 spiro atoms. The van der Waals surface area contributed by atoms with Crippen LogP contribution in [0.3, 0.4) is 0 Å². The van der Waals surface area contributed by atoms with Crippen LogP contribution in [0.1, 0.15) is 32.6 Å². The molecule has 17 heavy (non-hydrogen) atoms. The molecule has 1 unspecified atom stereocenters. The molecule has 0 aromatic carbocycles. The van der Waals surface area contributed by atoms with Crippen molar-refractivity contribution in [2.24, 2.45) is 4.99 Å². The van der Waals surface area contributed by atoms with E-state index in [4.69, 9.17) is 0 Å². The number of hydrogen-bond acceptors (Lipinski definition) is 4. The quantitative estimate of drug-likeness (QED) is 0.827. The minimum Gasteiger partial charge on any atom is -0.364 e. The van der Waals surface area contributed by atoms with Crippen LogP contribution in [-0.2, 0) is 4.79 Å². The van der Waals surface area contributed by atoms with Gasteiger partial charge in [0.25, 0.3) is 0 Å². The molecule has 0 aromatic rings. The highest BCUT2D eigenvalue weighted by Crippen LogP contribution is 2.21. The Balaban J connectivity index is 1.61. The van der Waals surface area contributed by atoms with Crippen LogP contribution in [0.15, 0.2) is 4.99 Å². The van der Waals surface area contributed by atoms with Gasteiger partial charge in [0.05, 0.1) is 6.54 Å². The van der Waals surface area contributed by atoms with E-state index in [0.29, 0.717) is 11.7 Å². The summed E-state index contributed by atoms with van der Waals surface area (Å²) in [5.74, 6) is 0.283. The molecule has 5 heteroatoms. The lowest BCUT2D eigenvalue weighted by atomic mass is 10.3. The van der Waals surface area contributed by atoms with Crippen molar-refractivity contribution in [2.45, 2.75) is 37.9 Å². The Hall–Kier alpha value is -0.710. The molecule has 2 aliphatic rings. The minimum absolute atomic E-state index is 0.283. The van der Waals surface area contributed by atoms with Crippen LogP contribution >= 0.6 is 11.8 Å². The molecule has 0 aliphatic carbocycles. The van der Waals surface area contributed by atoms with E-state index in [0.717, 1.165) is 37.8 Å². The third kappa shape index (κ3) is 3.63. The van der Waals surface area contributed by atoms with E-state index in [-0.39, 0.29) is 5.91 Å². The molecule has 4 nitrogen and oxygen atoms in total. The Bertz CT molecular complexity index is 300. The number of nitrogens with one attached hydrogen (secondary N) is 1. The van der Waals surface area contributed by atoms with Crippen molar-refractivity contribution in [1.82, 2.24) is 10.2 Å². The van der Waals surface area contributed by atoms with Gasteiger partial charge in [0, 0.05) is 31.3 Å². The highest BCUT2D eigenvalue weighted by Gasteiger charge is 2.19. The molecule has 1 saturated heterocycles. The molecule has 2 heterocycles. The molecule has 96 valence electrons. The topological polar surface area (TPSA) is 44.7 Å². The van der Waals surface area contributed by atoms with E-state index in [9.17, 15) is 4.79 Å². The third-order valence-electron chi connectivity index (χ3n) is 3.25. The van der Waals surface area contributed by atoms with Crippen molar-refractivity contribution >= 4 is 22.8 Å². The summed E-state index contributed by atoms with van der Waals surface area (Å²) in [6, 6.07) is 0. The van der Waals surface area contributed by atoms with Gasteiger partial charge in [-0.15, -0.1) is 0 Å². The SMILES string of the molecule is CCC1CN=C(NCCC(=O)N2CCCC2)S1. The maximum Gasteiger partial charge on any atom is 0.224 e. The molecule has 1 atom stereocenters. The Labute approximate surface area is 107 Å². The van der Waals surface area contributed by atoms with Crippen LogP contribution < -0.4 is 5.32 Å². The summed E-state index contributed by atoms with van der Waals surface area (Å²) in [4.78, 5) is 18.2. The van der Waals surface area contributed by atoms with E-state index in [1.54, 1.807) is 0 Å². The summed E-state index contributed by atoms with van der Waals surface area (Å²) in [6.45, 7) is 5.73. The van der Waals surface area contributed by atoms with Crippen LogP contribution in [0.25, 0.3) is 0 Å². The second-order valence-electron chi connectivity index (χ2n) is 4.56. The number of carbonyl (C=O) groups excluding carboxylic acids is 1. The molecule has 2 rings (SSSR count).